The molecule has 2 unspecified atom stereocenters. The first-order valence-corrected chi connectivity index (χ1v) is 21.9. The fourth-order valence-corrected chi connectivity index (χ4v) is 7.05. The molecule has 0 rings (SSSR count). The van der Waals surface area contributed by atoms with Crippen molar-refractivity contribution in [1.82, 2.24) is 15.5 Å². The predicted octanol–water partition coefficient (Wildman–Crippen LogP) is 11.2. The van der Waals surface area contributed by atoms with Crippen molar-refractivity contribution in [1.29, 1.82) is 0 Å². The molecule has 0 bridgehead atoms. The predicted molar refractivity (Wildman–Crippen MR) is 215 cm³/mol. The van der Waals surface area contributed by atoms with Crippen molar-refractivity contribution in [3.63, 3.8) is 0 Å². The van der Waals surface area contributed by atoms with Gasteiger partial charge in [-0.2, -0.15) is 0 Å². The van der Waals surface area contributed by atoms with E-state index in [-0.39, 0.29) is 22.8 Å². The van der Waals surface area contributed by atoms with Crippen molar-refractivity contribution >= 4 is 28.7 Å². The molecule has 49 heavy (non-hydrogen) atoms. The number of unbranched alkanes of at least 4 members (excludes halogenated alkanes) is 19. The summed E-state index contributed by atoms with van der Waals surface area (Å²) in [5.41, 5.74) is 0. The Morgan fingerprint density at radius 1 is 0.592 bits per heavy atom. The molecule has 0 saturated carbocycles. The normalized spacial score (nSPS) is 12.9. The van der Waals surface area contributed by atoms with Crippen LogP contribution in [0.2, 0.25) is 0 Å². The molecule has 0 aliphatic carbocycles. The lowest BCUT2D eigenvalue weighted by Gasteiger charge is -2.23. The number of nitrogens with one attached hydrogen (secondary N) is 2. The Hall–Kier alpha value is -1.34. The van der Waals surface area contributed by atoms with Crippen LogP contribution in [-0.2, 0) is 14.4 Å². The Morgan fingerprint density at radius 2 is 1.06 bits per heavy atom. The average molecular weight is 708 g/mol. The van der Waals surface area contributed by atoms with Crippen molar-refractivity contribution in [3.05, 3.63) is 12.2 Å². The number of amides is 2. The highest BCUT2D eigenvalue weighted by Gasteiger charge is 2.25. The maximum atomic E-state index is 13.6. The molecule has 6 nitrogen and oxygen atoms in total. The maximum absolute atomic E-state index is 13.6. The van der Waals surface area contributed by atoms with Crippen LogP contribution in [0.15, 0.2) is 12.2 Å². The van der Waals surface area contributed by atoms with E-state index in [4.69, 9.17) is 0 Å². The minimum Gasteiger partial charge on any atom is -0.353 e. The number of carbonyl (C=O) groups excluding carboxylic acids is 3. The van der Waals surface area contributed by atoms with Crippen LogP contribution >= 0.6 is 11.8 Å². The van der Waals surface area contributed by atoms with Crippen molar-refractivity contribution < 1.29 is 14.4 Å². The van der Waals surface area contributed by atoms with Gasteiger partial charge in [-0.1, -0.05) is 160 Å². The van der Waals surface area contributed by atoms with E-state index in [0.29, 0.717) is 25.1 Å². The van der Waals surface area contributed by atoms with E-state index < -0.39 is 6.04 Å². The quantitative estimate of drug-likeness (QED) is 0.0501. The van der Waals surface area contributed by atoms with Gasteiger partial charge in [0, 0.05) is 31.2 Å². The molecule has 7 heteroatoms. The molecular formula is C42H81N3O3S. The number of hydrogen-bond donors (Lipinski definition) is 2. The van der Waals surface area contributed by atoms with Gasteiger partial charge in [-0.3, -0.25) is 14.4 Å². The fraction of sp³-hybridized carbons (Fsp3) is 0.881. The van der Waals surface area contributed by atoms with E-state index in [0.717, 1.165) is 51.5 Å². The van der Waals surface area contributed by atoms with Gasteiger partial charge in [-0.25, -0.2) is 0 Å². The first-order chi connectivity index (χ1) is 23.8. The van der Waals surface area contributed by atoms with Gasteiger partial charge >= 0.3 is 0 Å². The molecule has 2 N–H and O–H groups in total. The molecule has 0 radical (unpaired) electrons. The summed E-state index contributed by atoms with van der Waals surface area (Å²) >= 11 is 1.33. The molecule has 0 spiro atoms. The Balaban J connectivity index is 4.60. The second-order valence-electron chi connectivity index (χ2n) is 14.6. The minimum atomic E-state index is -0.600. The van der Waals surface area contributed by atoms with E-state index in [1.165, 1.54) is 127 Å². The topological polar surface area (TPSA) is 78.5 Å². The number of nitrogens with zero attached hydrogens (tertiary/aromatic N) is 1. The van der Waals surface area contributed by atoms with Gasteiger partial charge in [0.15, 0.2) is 5.12 Å². The smallest absolute Gasteiger partial charge is 0.242 e. The summed E-state index contributed by atoms with van der Waals surface area (Å²) in [5, 5.41) is 6.36. The van der Waals surface area contributed by atoms with Gasteiger partial charge in [0.2, 0.25) is 11.8 Å². The number of allylic oxidation sites excluding steroid dienone is 2. The van der Waals surface area contributed by atoms with Gasteiger partial charge in [-0.05, 0) is 65.5 Å². The van der Waals surface area contributed by atoms with Crippen molar-refractivity contribution in [2.75, 3.05) is 32.9 Å². The summed E-state index contributed by atoms with van der Waals surface area (Å²) in [6, 6.07) is -0.600. The van der Waals surface area contributed by atoms with Crippen LogP contribution in [0.1, 0.15) is 194 Å². The van der Waals surface area contributed by atoms with E-state index in [1.807, 2.05) is 19.0 Å². The van der Waals surface area contributed by atoms with Gasteiger partial charge in [0.1, 0.15) is 6.04 Å². The van der Waals surface area contributed by atoms with Crippen LogP contribution in [0.25, 0.3) is 0 Å². The summed E-state index contributed by atoms with van der Waals surface area (Å²) < 4.78 is 0. The Bertz CT molecular complexity index is 804. The monoisotopic (exact) mass is 708 g/mol. The summed E-state index contributed by atoms with van der Waals surface area (Å²) in [5.74, 6) is 0.386. The van der Waals surface area contributed by atoms with Crippen molar-refractivity contribution in [3.8, 4) is 0 Å². The molecule has 0 heterocycles. The molecule has 0 aromatic rings. The third kappa shape index (κ3) is 32.3. The first-order valence-electron chi connectivity index (χ1n) is 20.9. The van der Waals surface area contributed by atoms with Gasteiger partial charge in [0.25, 0.3) is 0 Å². The summed E-state index contributed by atoms with van der Waals surface area (Å²) in [4.78, 5) is 41.4. The molecule has 2 atom stereocenters. The average Bonchev–Trinajstić information content (AvgIpc) is 3.08. The zero-order chi connectivity index (χ0) is 36.2. The van der Waals surface area contributed by atoms with Crippen LogP contribution in [-0.4, -0.2) is 60.8 Å². The second-order valence-corrected chi connectivity index (χ2v) is 15.8. The van der Waals surface area contributed by atoms with Crippen LogP contribution in [0.4, 0.5) is 0 Å². The zero-order valence-corrected chi connectivity index (χ0v) is 33.9. The van der Waals surface area contributed by atoms with Crippen LogP contribution in [0.5, 0.6) is 0 Å². The lowest BCUT2D eigenvalue weighted by molar-refractivity contribution is -0.131. The van der Waals surface area contributed by atoms with Crippen molar-refractivity contribution in [2.24, 2.45) is 5.92 Å². The lowest BCUT2D eigenvalue weighted by atomic mass is 9.93. The molecule has 2 amide bonds. The van der Waals surface area contributed by atoms with E-state index in [2.05, 4.69) is 43.6 Å². The molecule has 0 aliphatic rings. The highest BCUT2D eigenvalue weighted by molar-refractivity contribution is 8.13. The van der Waals surface area contributed by atoms with Crippen LogP contribution in [0, 0.1) is 5.92 Å². The van der Waals surface area contributed by atoms with Gasteiger partial charge in [0.05, 0.1) is 0 Å². The Morgan fingerprint density at radius 3 is 1.59 bits per heavy atom. The highest BCUT2D eigenvalue weighted by atomic mass is 32.2. The lowest BCUT2D eigenvalue weighted by Crippen LogP contribution is -2.49. The summed E-state index contributed by atoms with van der Waals surface area (Å²) in [6.45, 7) is 7.99. The zero-order valence-electron chi connectivity index (χ0n) is 33.1. The third-order valence-corrected chi connectivity index (χ3v) is 10.5. The largest absolute Gasteiger partial charge is 0.353 e. The van der Waals surface area contributed by atoms with Crippen LogP contribution < -0.4 is 10.6 Å². The molecular weight excluding hydrogens is 627 g/mol. The van der Waals surface area contributed by atoms with E-state index in [1.54, 1.807) is 0 Å². The van der Waals surface area contributed by atoms with Crippen LogP contribution in [0.3, 0.4) is 0 Å². The number of rotatable bonds is 36. The molecule has 0 aromatic carbocycles. The second kappa shape index (κ2) is 36.5. The number of likely N-dealkylation sites (N-methyl/N-ethyl adjacent to an activating group) is 1. The first kappa shape index (κ1) is 47.7. The molecule has 288 valence electrons. The SMILES string of the molecule is CCCCCCCC/C=C\CCCCCCCC(=O)SCCC(NC(=O)C(CCCCCC)CCCCCCCC)C(=O)NCCN(C)C. The highest BCUT2D eigenvalue weighted by Crippen LogP contribution is 2.20. The number of carbonyl (C=O) groups is 3. The molecule has 0 aliphatic heterocycles. The van der Waals surface area contributed by atoms with E-state index >= 15 is 0 Å². The van der Waals surface area contributed by atoms with Gasteiger partial charge < -0.3 is 15.5 Å². The number of thioether (sulfide) groups is 1. The number of hydrogen-bond acceptors (Lipinski definition) is 5. The van der Waals surface area contributed by atoms with Crippen molar-refractivity contribution in [2.45, 2.75) is 200 Å². The molecule has 0 fully saturated rings. The maximum Gasteiger partial charge on any atom is 0.242 e. The minimum absolute atomic E-state index is 0.0161. The molecule has 0 aromatic heterocycles. The fourth-order valence-electron chi connectivity index (χ4n) is 6.18. The Kier molecular flexibility index (Phi) is 35.5. The van der Waals surface area contributed by atoms with E-state index in [9.17, 15) is 14.4 Å². The summed E-state index contributed by atoms with van der Waals surface area (Å²) in [7, 11) is 3.96. The van der Waals surface area contributed by atoms with Gasteiger partial charge in [-0.15, -0.1) is 0 Å². The standard InChI is InChI=1S/C42H81N3O3S/c1-6-9-12-15-17-18-19-20-21-22-23-24-25-27-30-33-40(46)49-37-34-39(42(48)43-35-36-45(4)5)44-41(47)38(31-28-14-11-8-3)32-29-26-16-13-10-7-2/h20-21,38-39H,6-19,22-37H2,1-5H3,(H,43,48)(H,44,47)/b21-20-. The molecule has 0 saturated heterocycles. The Labute approximate surface area is 308 Å². The third-order valence-electron chi connectivity index (χ3n) is 9.49. The summed E-state index contributed by atoms with van der Waals surface area (Å²) in [6.07, 6.45) is 35.6.